The van der Waals surface area contributed by atoms with Crippen LogP contribution in [0.15, 0.2) is 58.6 Å². The van der Waals surface area contributed by atoms with E-state index >= 15 is 0 Å². The van der Waals surface area contributed by atoms with Gasteiger partial charge in [-0.15, -0.1) is 11.3 Å². The molecule has 4 N–H and O–H groups in total. The van der Waals surface area contributed by atoms with Crippen molar-refractivity contribution in [2.24, 2.45) is 5.41 Å². The number of ether oxygens (including phenoxy) is 4. The van der Waals surface area contributed by atoms with Crippen LogP contribution in [-0.2, 0) is 46.1 Å². The van der Waals surface area contributed by atoms with Crippen LogP contribution in [0.25, 0.3) is 21.8 Å². The molecule has 18 nitrogen and oxygen atoms in total. The molecular formula is C50H69F3N8O10S. The van der Waals surface area contributed by atoms with Gasteiger partial charge < -0.3 is 54.3 Å². The van der Waals surface area contributed by atoms with Crippen LogP contribution in [-0.4, -0.2) is 157 Å². The lowest BCUT2D eigenvalue weighted by atomic mass is 9.85. The lowest BCUT2D eigenvalue weighted by Gasteiger charge is -2.35. The third-order valence-electron chi connectivity index (χ3n) is 11.6. The molecular weight excluding hydrogens is 962 g/mol. The second-order valence-electron chi connectivity index (χ2n) is 18.7. The number of alkyl halides is 3. The highest BCUT2D eigenvalue weighted by Gasteiger charge is 2.44. The summed E-state index contributed by atoms with van der Waals surface area (Å²) in [5, 5.41) is 22.6. The summed E-state index contributed by atoms with van der Waals surface area (Å²) < 4.78 is 65.1. The Labute approximate surface area is 422 Å². The first-order valence-corrected chi connectivity index (χ1v) is 25.1. The van der Waals surface area contributed by atoms with E-state index in [1.165, 1.54) is 29.2 Å². The Bertz CT molecular complexity index is 2310. The first-order valence-electron chi connectivity index (χ1n) is 24.2. The molecule has 0 aliphatic carbocycles. The third-order valence-corrected chi connectivity index (χ3v) is 12.6. The van der Waals surface area contributed by atoms with Crippen molar-refractivity contribution in [3.63, 3.8) is 0 Å². The summed E-state index contributed by atoms with van der Waals surface area (Å²) in [6.07, 6.45) is -2.84. The highest BCUT2D eigenvalue weighted by Crippen LogP contribution is 2.30. The van der Waals surface area contributed by atoms with Crippen LogP contribution in [0.3, 0.4) is 0 Å². The van der Waals surface area contributed by atoms with E-state index in [9.17, 15) is 37.5 Å². The smallest absolute Gasteiger partial charge is 0.391 e. The van der Waals surface area contributed by atoms with E-state index in [1.807, 2.05) is 58.9 Å². The van der Waals surface area contributed by atoms with Crippen molar-refractivity contribution < 1.29 is 60.9 Å². The Morgan fingerprint density at radius 1 is 0.889 bits per heavy atom. The minimum Gasteiger partial charge on any atom is -0.391 e. The molecule has 72 heavy (non-hydrogen) atoms. The molecule has 4 aromatic rings. The molecule has 4 unspecified atom stereocenters. The monoisotopic (exact) mass is 1030 g/mol. The number of hydrogen-bond acceptors (Lipinski definition) is 15. The summed E-state index contributed by atoms with van der Waals surface area (Å²) in [6.45, 7) is 16.1. The molecule has 1 fully saturated rings. The fourth-order valence-corrected chi connectivity index (χ4v) is 8.74. The van der Waals surface area contributed by atoms with Gasteiger partial charge in [-0.25, -0.2) is 4.98 Å². The fourth-order valence-electron chi connectivity index (χ4n) is 7.92. The van der Waals surface area contributed by atoms with Crippen LogP contribution in [0.5, 0.6) is 0 Å². The third kappa shape index (κ3) is 18.3. The number of amides is 4. The van der Waals surface area contributed by atoms with Gasteiger partial charge in [-0.05, 0) is 74.9 Å². The predicted molar refractivity (Wildman–Crippen MR) is 263 cm³/mol. The van der Waals surface area contributed by atoms with E-state index in [0.717, 1.165) is 54.0 Å². The van der Waals surface area contributed by atoms with E-state index in [2.05, 4.69) is 47.4 Å². The summed E-state index contributed by atoms with van der Waals surface area (Å²) in [5.41, 5.74) is 4.61. The number of unbranched alkanes of at least 4 members (excludes halogenated alkanes) is 1. The molecule has 1 saturated heterocycles. The quantitative estimate of drug-likeness (QED) is 0.0482. The highest BCUT2D eigenvalue weighted by molar-refractivity contribution is 7.13. The topological polar surface area (TPSA) is 220 Å². The number of thiazole rings is 1. The van der Waals surface area contributed by atoms with E-state index in [-0.39, 0.29) is 63.0 Å². The van der Waals surface area contributed by atoms with Crippen LogP contribution in [0, 0.1) is 12.3 Å². The number of likely N-dealkylation sites (tertiary alicyclic amines) is 1. The molecule has 1 aliphatic rings. The zero-order valence-corrected chi connectivity index (χ0v) is 42.7. The molecule has 5 rings (SSSR count). The molecule has 0 radical (unpaired) electrons. The number of nitrogens with zero attached hydrogens (tertiary/aromatic N) is 5. The van der Waals surface area contributed by atoms with E-state index in [4.69, 9.17) is 18.9 Å². The second-order valence-corrected chi connectivity index (χ2v) is 19.6. The van der Waals surface area contributed by atoms with Crippen LogP contribution in [0.4, 0.5) is 13.2 Å². The molecule has 396 valence electrons. The minimum absolute atomic E-state index is 0.0286. The van der Waals surface area contributed by atoms with Gasteiger partial charge >= 0.3 is 12.1 Å². The Hall–Kier alpha value is -5.36. The maximum atomic E-state index is 13.9. The van der Waals surface area contributed by atoms with Gasteiger partial charge in [0, 0.05) is 49.8 Å². The first kappa shape index (κ1) is 57.5. The molecule has 22 heteroatoms. The van der Waals surface area contributed by atoms with Crippen molar-refractivity contribution in [2.75, 3.05) is 79.0 Å². The molecule has 2 aromatic carbocycles. The molecule has 0 spiro atoms. The summed E-state index contributed by atoms with van der Waals surface area (Å²) in [5.74, 6) is -3.29. The number of hydrogen-bond donors (Lipinski definition) is 4. The molecule has 3 heterocycles. The van der Waals surface area contributed by atoms with Crippen molar-refractivity contribution in [2.45, 2.75) is 104 Å². The maximum Gasteiger partial charge on any atom is 0.471 e. The number of halogens is 3. The van der Waals surface area contributed by atoms with Crippen molar-refractivity contribution in [3.05, 3.63) is 76.8 Å². The van der Waals surface area contributed by atoms with Crippen molar-refractivity contribution in [3.8, 4) is 21.8 Å². The maximum absolute atomic E-state index is 13.9. The second kappa shape index (κ2) is 28.2. The number of nitrogens with one attached hydrogen (secondary N) is 3. The zero-order valence-electron chi connectivity index (χ0n) is 41.9. The van der Waals surface area contributed by atoms with Crippen LogP contribution in [0.2, 0.25) is 0 Å². The molecule has 1 aliphatic heterocycles. The van der Waals surface area contributed by atoms with Crippen molar-refractivity contribution in [1.82, 2.24) is 40.9 Å². The lowest BCUT2D eigenvalue weighted by Crippen LogP contribution is -2.58. The van der Waals surface area contributed by atoms with Gasteiger partial charge in [0.25, 0.3) is 5.91 Å². The predicted octanol–water partition coefficient (Wildman–Crippen LogP) is 5.67. The summed E-state index contributed by atoms with van der Waals surface area (Å²) in [6, 6.07) is 11.7. The van der Waals surface area contributed by atoms with Gasteiger partial charge in [-0.1, -0.05) is 69.2 Å². The average Bonchev–Trinajstić information content (AvgIpc) is 4.11. The van der Waals surface area contributed by atoms with E-state index < -0.39 is 47.5 Å². The van der Waals surface area contributed by atoms with E-state index in [1.54, 1.807) is 16.8 Å². The normalized spacial score (nSPS) is 16.0. The SMILES string of the molecule is CCCN(CCCCOCCOCCOCCOCC(=O)NC(C(=O)N1CC(O)CC1C(=O)NCc1ccc(-c2scnc2C)cc1)C(C)(C)C)CC(C)NC(=O)c1ccc(-c2noc(C(F)(F)F)n2)cc1. The fraction of sp³-hybridized carbons (Fsp3) is 0.580. The molecule has 2 aromatic heterocycles. The Morgan fingerprint density at radius 2 is 1.53 bits per heavy atom. The van der Waals surface area contributed by atoms with Gasteiger partial charge in [0.1, 0.15) is 18.7 Å². The van der Waals surface area contributed by atoms with Crippen LogP contribution < -0.4 is 16.0 Å². The summed E-state index contributed by atoms with van der Waals surface area (Å²) >= 11 is 1.56. The summed E-state index contributed by atoms with van der Waals surface area (Å²) in [7, 11) is 0. The van der Waals surface area contributed by atoms with Gasteiger partial charge in [0.15, 0.2) is 0 Å². The molecule has 4 amide bonds. The number of aryl methyl sites for hydroxylation is 1. The summed E-state index contributed by atoms with van der Waals surface area (Å²) in [4.78, 5) is 65.6. The lowest BCUT2D eigenvalue weighted by molar-refractivity contribution is -0.159. The van der Waals surface area contributed by atoms with Gasteiger partial charge in [-0.3, -0.25) is 19.2 Å². The highest BCUT2D eigenvalue weighted by atomic mass is 32.1. The Kier molecular flexibility index (Phi) is 22.5. The molecule has 0 saturated carbocycles. The molecule has 4 atom stereocenters. The van der Waals surface area contributed by atoms with Gasteiger partial charge in [-0.2, -0.15) is 18.2 Å². The first-order chi connectivity index (χ1) is 34.3. The van der Waals surface area contributed by atoms with Crippen molar-refractivity contribution >= 4 is 35.0 Å². The number of β-amino-alcohol motifs (C(OH)–C–C–N with tert-alkyl or cyclic N) is 1. The number of aromatic nitrogens is 3. The molecule has 0 bridgehead atoms. The van der Waals surface area contributed by atoms with Crippen LogP contribution in [0.1, 0.15) is 87.8 Å². The van der Waals surface area contributed by atoms with Crippen molar-refractivity contribution in [1.29, 1.82) is 0 Å². The number of aliphatic hydroxyl groups is 1. The largest absolute Gasteiger partial charge is 0.471 e. The standard InChI is InChI=1S/C50H69F3N8O10S/c1-7-18-60(29-33(2)56-45(64)38-16-14-37(15-17-38)44-58-48(71-59-44)50(51,52)53)19-8-9-20-67-21-22-68-23-24-69-25-26-70-31-41(63)57-43(49(4,5)6)47(66)61-30-39(62)27-40(61)46(65)54-28-35-10-12-36(13-11-35)42-34(3)55-32-72-42/h10-17,32-33,39-40,43,62H,7-9,18-31H2,1-6H3,(H,54,65)(H,56,64)(H,57,63). The Morgan fingerprint density at radius 3 is 2.12 bits per heavy atom. The number of carbonyl (C=O) groups excluding carboxylic acids is 4. The number of benzene rings is 2. The number of rotatable bonds is 29. The number of carbonyl (C=O) groups is 4. The Balaban J connectivity index is 0.881. The average molecular weight is 1030 g/mol. The van der Waals surface area contributed by atoms with E-state index in [0.29, 0.717) is 50.7 Å². The van der Waals surface area contributed by atoms with Gasteiger partial charge in [0.2, 0.25) is 23.5 Å². The minimum atomic E-state index is -4.74. The van der Waals surface area contributed by atoms with Gasteiger partial charge in [0.05, 0.1) is 61.8 Å². The zero-order chi connectivity index (χ0) is 52.3. The van der Waals surface area contributed by atoms with Crippen LogP contribution >= 0.6 is 11.3 Å². The number of aliphatic hydroxyl groups excluding tert-OH is 1.